The third-order valence-electron chi connectivity index (χ3n) is 1.68. The van der Waals surface area contributed by atoms with Crippen LogP contribution in [0.5, 0.6) is 5.75 Å². The number of nitro groups is 1. The summed E-state index contributed by atoms with van der Waals surface area (Å²) in [7, 11) is 0. The van der Waals surface area contributed by atoms with E-state index < -0.39 is 17.3 Å². The van der Waals surface area contributed by atoms with Gasteiger partial charge in [0.05, 0.1) is 4.92 Å². The van der Waals surface area contributed by atoms with Gasteiger partial charge >= 0.3 is 11.7 Å². The standard InChI is InChI=1S/C10H9NO5/c1-7(12)6-10(13)16-9-5-3-2-4-8(9)11(14)15/h2-5H,6H2,1H3. The maximum absolute atomic E-state index is 11.1. The van der Waals surface area contributed by atoms with Gasteiger partial charge in [0.2, 0.25) is 5.75 Å². The van der Waals surface area contributed by atoms with E-state index in [1.54, 1.807) is 0 Å². The lowest BCUT2D eigenvalue weighted by Gasteiger charge is -2.02. The predicted molar refractivity (Wildman–Crippen MR) is 54.0 cm³/mol. The van der Waals surface area contributed by atoms with E-state index in [9.17, 15) is 19.7 Å². The van der Waals surface area contributed by atoms with Gasteiger partial charge in [-0.2, -0.15) is 0 Å². The highest BCUT2D eigenvalue weighted by Gasteiger charge is 2.17. The van der Waals surface area contributed by atoms with Crippen molar-refractivity contribution in [1.29, 1.82) is 0 Å². The highest BCUT2D eigenvalue weighted by Crippen LogP contribution is 2.25. The maximum atomic E-state index is 11.1. The van der Waals surface area contributed by atoms with Crippen molar-refractivity contribution >= 4 is 17.4 Å². The average Bonchev–Trinajstić information content (AvgIpc) is 2.16. The minimum atomic E-state index is -0.804. The van der Waals surface area contributed by atoms with Crippen molar-refractivity contribution < 1.29 is 19.2 Å². The van der Waals surface area contributed by atoms with Crippen LogP contribution in [0.1, 0.15) is 13.3 Å². The Hall–Kier alpha value is -2.24. The van der Waals surface area contributed by atoms with Crippen molar-refractivity contribution in [1.82, 2.24) is 0 Å². The molecule has 0 bridgehead atoms. The minimum Gasteiger partial charge on any atom is -0.419 e. The fourth-order valence-electron chi connectivity index (χ4n) is 1.06. The molecule has 0 spiro atoms. The van der Waals surface area contributed by atoms with Gasteiger partial charge in [-0.15, -0.1) is 0 Å². The summed E-state index contributed by atoms with van der Waals surface area (Å²) in [5.74, 6) is -1.32. The molecular formula is C10H9NO5. The first-order valence-corrected chi connectivity index (χ1v) is 4.44. The summed E-state index contributed by atoms with van der Waals surface area (Å²) in [4.78, 5) is 31.7. The predicted octanol–water partition coefficient (Wildman–Crippen LogP) is 1.48. The molecule has 0 aliphatic heterocycles. The van der Waals surface area contributed by atoms with Crippen molar-refractivity contribution in [2.75, 3.05) is 0 Å². The Morgan fingerprint density at radius 1 is 1.38 bits per heavy atom. The lowest BCUT2D eigenvalue weighted by molar-refractivity contribution is -0.385. The van der Waals surface area contributed by atoms with Crippen molar-refractivity contribution in [3.8, 4) is 5.75 Å². The monoisotopic (exact) mass is 223 g/mol. The van der Waals surface area contributed by atoms with E-state index >= 15 is 0 Å². The van der Waals surface area contributed by atoms with E-state index in [2.05, 4.69) is 0 Å². The number of para-hydroxylation sites is 2. The normalized spacial score (nSPS) is 9.56. The number of carbonyl (C=O) groups is 2. The molecule has 0 atom stereocenters. The van der Waals surface area contributed by atoms with Crippen LogP contribution in [-0.2, 0) is 9.59 Å². The largest absolute Gasteiger partial charge is 0.419 e. The average molecular weight is 223 g/mol. The van der Waals surface area contributed by atoms with E-state index in [1.807, 2.05) is 0 Å². The molecule has 6 nitrogen and oxygen atoms in total. The van der Waals surface area contributed by atoms with Crippen LogP contribution >= 0.6 is 0 Å². The summed E-state index contributed by atoms with van der Waals surface area (Å²) in [5, 5.41) is 10.6. The lowest BCUT2D eigenvalue weighted by Crippen LogP contribution is -2.12. The number of rotatable bonds is 4. The summed E-state index contributed by atoms with van der Waals surface area (Å²) >= 11 is 0. The number of ether oxygens (including phenoxy) is 1. The highest BCUT2D eigenvalue weighted by molar-refractivity contribution is 5.95. The summed E-state index contributed by atoms with van der Waals surface area (Å²) in [6, 6.07) is 5.48. The van der Waals surface area contributed by atoms with Gasteiger partial charge in [-0.3, -0.25) is 19.7 Å². The molecule has 0 saturated heterocycles. The van der Waals surface area contributed by atoms with Crippen molar-refractivity contribution in [3.63, 3.8) is 0 Å². The van der Waals surface area contributed by atoms with Gasteiger partial charge in [0.1, 0.15) is 12.2 Å². The molecule has 1 aromatic carbocycles. The van der Waals surface area contributed by atoms with Crippen molar-refractivity contribution in [3.05, 3.63) is 34.4 Å². The number of nitro benzene ring substituents is 1. The summed E-state index contributed by atoms with van der Waals surface area (Å²) < 4.78 is 4.72. The lowest BCUT2D eigenvalue weighted by atomic mass is 10.3. The molecule has 1 aromatic rings. The van der Waals surface area contributed by atoms with Crippen LogP contribution in [0.15, 0.2) is 24.3 Å². The molecule has 0 heterocycles. The third-order valence-corrected chi connectivity index (χ3v) is 1.68. The number of Topliss-reactive ketones (excluding diaryl/α,β-unsaturated/α-hetero) is 1. The molecule has 0 aliphatic rings. The Morgan fingerprint density at radius 3 is 2.56 bits per heavy atom. The van der Waals surface area contributed by atoms with Gasteiger partial charge in [-0.1, -0.05) is 12.1 Å². The molecule has 0 aromatic heterocycles. The fraction of sp³-hybridized carbons (Fsp3) is 0.200. The van der Waals surface area contributed by atoms with Gasteiger partial charge in [-0.25, -0.2) is 0 Å². The van der Waals surface area contributed by atoms with Crippen LogP contribution in [0, 0.1) is 10.1 Å². The van der Waals surface area contributed by atoms with Crippen LogP contribution in [0.3, 0.4) is 0 Å². The quantitative estimate of drug-likeness (QED) is 0.253. The molecule has 6 heteroatoms. The molecule has 1 rings (SSSR count). The Labute approximate surface area is 91.0 Å². The highest BCUT2D eigenvalue weighted by atomic mass is 16.6. The van der Waals surface area contributed by atoms with Crippen molar-refractivity contribution in [2.24, 2.45) is 0 Å². The number of carbonyl (C=O) groups excluding carboxylic acids is 2. The zero-order chi connectivity index (χ0) is 12.1. The van der Waals surface area contributed by atoms with Crippen molar-refractivity contribution in [2.45, 2.75) is 13.3 Å². The van der Waals surface area contributed by atoms with E-state index in [0.717, 1.165) is 0 Å². The minimum absolute atomic E-state index is 0.154. The molecule has 0 saturated carbocycles. The maximum Gasteiger partial charge on any atom is 0.318 e. The van der Waals surface area contributed by atoms with E-state index in [1.165, 1.54) is 31.2 Å². The first-order valence-electron chi connectivity index (χ1n) is 4.44. The first kappa shape index (κ1) is 11.8. The van der Waals surface area contributed by atoms with E-state index in [4.69, 9.17) is 4.74 Å². The smallest absolute Gasteiger partial charge is 0.318 e. The van der Waals surface area contributed by atoms with Gasteiger partial charge in [0.25, 0.3) is 0 Å². The molecule has 0 radical (unpaired) electrons. The van der Waals surface area contributed by atoms with Gasteiger partial charge in [0.15, 0.2) is 0 Å². The molecule has 0 unspecified atom stereocenters. The fourth-order valence-corrected chi connectivity index (χ4v) is 1.06. The molecule has 0 amide bonds. The third kappa shape index (κ3) is 3.16. The summed E-state index contributed by atoms with van der Waals surface area (Å²) in [6.45, 7) is 1.24. The molecule has 0 fully saturated rings. The number of ketones is 1. The second kappa shape index (κ2) is 5.01. The Morgan fingerprint density at radius 2 is 2.00 bits per heavy atom. The molecule has 16 heavy (non-hydrogen) atoms. The second-order valence-electron chi connectivity index (χ2n) is 3.08. The van der Waals surface area contributed by atoms with Crippen LogP contribution in [0.25, 0.3) is 0 Å². The van der Waals surface area contributed by atoms with Gasteiger partial charge in [0, 0.05) is 6.07 Å². The first-order chi connectivity index (χ1) is 7.50. The number of esters is 1. The topological polar surface area (TPSA) is 86.5 Å². The van der Waals surface area contributed by atoms with E-state index in [-0.39, 0.29) is 17.2 Å². The molecule has 84 valence electrons. The Kier molecular flexibility index (Phi) is 3.71. The molecular weight excluding hydrogens is 214 g/mol. The Bertz CT molecular complexity index is 441. The zero-order valence-electron chi connectivity index (χ0n) is 8.50. The second-order valence-corrected chi connectivity index (χ2v) is 3.08. The SMILES string of the molecule is CC(=O)CC(=O)Oc1ccccc1[N+](=O)[O-]. The van der Waals surface area contributed by atoms with Crippen LogP contribution in [-0.4, -0.2) is 16.7 Å². The molecule has 0 N–H and O–H groups in total. The van der Waals surface area contributed by atoms with Crippen LogP contribution in [0.4, 0.5) is 5.69 Å². The van der Waals surface area contributed by atoms with Crippen LogP contribution < -0.4 is 4.74 Å². The van der Waals surface area contributed by atoms with Gasteiger partial charge in [-0.05, 0) is 13.0 Å². The number of hydrogen-bond acceptors (Lipinski definition) is 5. The Balaban J connectivity index is 2.84. The van der Waals surface area contributed by atoms with E-state index in [0.29, 0.717) is 0 Å². The summed E-state index contributed by atoms with van der Waals surface area (Å²) in [6.07, 6.45) is -0.397. The zero-order valence-corrected chi connectivity index (χ0v) is 8.50. The van der Waals surface area contributed by atoms with Crippen LogP contribution in [0.2, 0.25) is 0 Å². The summed E-state index contributed by atoms with van der Waals surface area (Å²) in [5.41, 5.74) is -0.306. The number of benzene rings is 1. The number of nitrogens with zero attached hydrogens (tertiary/aromatic N) is 1. The number of hydrogen-bond donors (Lipinski definition) is 0. The van der Waals surface area contributed by atoms with Gasteiger partial charge < -0.3 is 4.74 Å². The molecule has 0 aliphatic carbocycles.